The fraction of sp³-hybridized carbons (Fsp3) is 0.389. The van der Waals surface area contributed by atoms with Crippen LogP contribution in [0.2, 0.25) is 0 Å². The minimum Gasteiger partial charge on any atom is -0.396 e. The highest BCUT2D eigenvalue weighted by molar-refractivity contribution is 5.35. The molecule has 3 rings (SSSR count). The van der Waals surface area contributed by atoms with Gasteiger partial charge in [0.2, 0.25) is 5.78 Å². The molecule has 1 unspecified atom stereocenters. The Morgan fingerprint density at radius 1 is 1.25 bits per heavy atom. The number of hydrogen-bond donors (Lipinski definition) is 2. The predicted molar refractivity (Wildman–Crippen MR) is 92.7 cm³/mol. The van der Waals surface area contributed by atoms with Gasteiger partial charge in [0.1, 0.15) is 0 Å². The van der Waals surface area contributed by atoms with Crippen molar-refractivity contribution in [2.24, 2.45) is 5.92 Å². The molecule has 0 aliphatic heterocycles. The third-order valence-electron chi connectivity index (χ3n) is 4.08. The lowest BCUT2D eigenvalue weighted by Crippen LogP contribution is -2.27. The highest BCUT2D eigenvalue weighted by Gasteiger charge is 2.11. The summed E-state index contributed by atoms with van der Waals surface area (Å²) in [5, 5.41) is 13.0. The maximum absolute atomic E-state index is 9.60. The molecule has 0 amide bonds. The minimum atomic E-state index is 0.135. The molecular weight excluding hydrogens is 302 g/mol. The third-order valence-corrected chi connectivity index (χ3v) is 4.08. The van der Waals surface area contributed by atoms with Crippen LogP contribution in [0.15, 0.2) is 36.7 Å². The molecule has 3 aromatic rings. The van der Waals surface area contributed by atoms with Gasteiger partial charge in [0.15, 0.2) is 0 Å². The molecule has 0 fully saturated rings. The number of rotatable bonds is 7. The van der Waals surface area contributed by atoms with Crippen LogP contribution in [0.1, 0.15) is 22.8 Å². The number of aromatic nitrogens is 4. The van der Waals surface area contributed by atoms with E-state index in [1.54, 1.807) is 6.20 Å². The fourth-order valence-corrected chi connectivity index (χ4v) is 2.94. The molecule has 0 saturated heterocycles. The van der Waals surface area contributed by atoms with Gasteiger partial charge in [-0.25, -0.2) is 9.97 Å². The Hall–Kier alpha value is -2.31. The van der Waals surface area contributed by atoms with E-state index in [0.717, 1.165) is 41.5 Å². The zero-order valence-corrected chi connectivity index (χ0v) is 14.1. The molecule has 2 N–H and O–H groups in total. The van der Waals surface area contributed by atoms with Gasteiger partial charge in [-0.05, 0) is 44.4 Å². The van der Waals surface area contributed by atoms with Gasteiger partial charge in [-0.3, -0.25) is 9.38 Å². The molecule has 3 heterocycles. The van der Waals surface area contributed by atoms with Crippen molar-refractivity contribution in [3.8, 4) is 0 Å². The number of hydrogen-bond acceptors (Lipinski definition) is 5. The monoisotopic (exact) mass is 325 g/mol. The van der Waals surface area contributed by atoms with Gasteiger partial charge in [-0.1, -0.05) is 6.07 Å². The first-order valence-electron chi connectivity index (χ1n) is 8.19. The van der Waals surface area contributed by atoms with Crippen LogP contribution in [0.25, 0.3) is 5.78 Å². The average Bonchev–Trinajstić information content (AvgIpc) is 2.98. The van der Waals surface area contributed by atoms with Crippen LogP contribution in [0.5, 0.6) is 0 Å². The molecule has 1 atom stereocenters. The van der Waals surface area contributed by atoms with E-state index < -0.39 is 0 Å². The summed E-state index contributed by atoms with van der Waals surface area (Å²) in [6, 6.07) is 7.92. The van der Waals surface area contributed by atoms with Crippen molar-refractivity contribution in [2.75, 3.05) is 13.2 Å². The van der Waals surface area contributed by atoms with E-state index in [1.165, 1.54) is 0 Å². The maximum atomic E-state index is 9.60. The van der Waals surface area contributed by atoms with Crippen molar-refractivity contribution in [2.45, 2.75) is 26.8 Å². The molecule has 126 valence electrons. The Morgan fingerprint density at radius 3 is 2.88 bits per heavy atom. The smallest absolute Gasteiger partial charge is 0.234 e. The van der Waals surface area contributed by atoms with Gasteiger partial charge < -0.3 is 10.4 Å². The van der Waals surface area contributed by atoms with Crippen molar-refractivity contribution in [1.29, 1.82) is 0 Å². The Bertz CT molecular complexity index is 800. The van der Waals surface area contributed by atoms with Crippen LogP contribution >= 0.6 is 0 Å². The fourth-order valence-electron chi connectivity index (χ4n) is 2.94. The van der Waals surface area contributed by atoms with Crippen molar-refractivity contribution in [3.63, 3.8) is 0 Å². The summed E-state index contributed by atoms with van der Waals surface area (Å²) >= 11 is 0. The molecule has 0 aromatic carbocycles. The van der Waals surface area contributed by atoms with Crippen LogP contribution in [-0.2, 0) is 13.0 Å². The topological polar surface area (TPSA) is 75.3 Å². The number of nitrogens with one attached hydrogen (secondary N) is 1. The molecule has 0 radical (unpaired) electrons. The minimum absolute atomic E-state index is 0.135. The molecule has 6 nitrogen and oxygen atoms in total. The molecule has 0 spiro atoms. The van der Waals surface area contributed by atoms with Gasteiger partial charge >= 0.3 is 0 Å². The molecule has 24 heavy (non-hydrogen) atoms. The van der Waals surface area contributed by atoms with Crippen LogP contribution in [0, 0.1) is 19.8 Å². The molecule has 0 aliphatic carbocycles. The molecular formula is C18H23N5O. The largest absolute Gasteiger partial charge is 0.396 e. The number of pyridine rings is 1. The maximum Gasteiger partial charge on any atom is 0.234 e. The molecule has 0 aliphatic rings. The number of fused-ring (bicyclic) bond motifs is 1. The normalized spacial score (nSPS) is 12.6. The predicted octanol–water partition coefficient (Wildman–Crippen LogP) is 1.68. The van der Waals surface area contributed by atoms with Gasteiger partial charge in [0, 0.05) is 43.0 Å². The quantitative estimate of drug-likeness (QED) is 0.691. The Kier molecular flexibility index (Phi) is 5.17. The van der Waals surface area contributed by atoms with E-state index >= 15 is 0 Å². The van der Waals surface area contributed by atoms with Crippen LogP contribution in [-0.4, -0.2) is 37.6 Å². The third kappa shape index (κ3) is 3.77. The molecule has 6 heteroatoms. The first kappa shape index (κ1) is 16.5. The zero-order valence-electron chi connectivity index (χ0n) is 14.1. The van der Waals surface area contributed by atoms with Crippen molar-refractivity contribution in [1.82, 2.24) is 24.7 Å². The summed E-state index contributed by atoms with van der Waals surface area (Å²) in [5.74, 6) is 0.872. The number of aryl methyl sites for hydroxylation is 2. The van der Waals surface area contributed by atoms with Crippen LogP contribution in [0.4, 0.5) is 0 Å². The lowest BCUT2D eigenvalue weighted by molar-refractivity contribution is 0.220. The van der Waals surface area contributed by atoms with E-state index in [4.69, 9.17) is 0 Å². The second kappa shape index (κ2) is 7.51. The second-order valence-electron chi connectivity index (χ2n) is 6.13. The summed E-state index contributed by atoms with van der Waals surface area (Å²) in [7, 11) is 0. The number of aliphatic hydroxyl groups excluding tert-OH is 1. The van der Waals surface area contributed by atoms with Gasteiger partial charge in [-0.15, -0.1) is 0 Å². The van der Waals surface area contributed by atoms with Crippen molar-refractivity contribution < 1.29 is 5.11 Å². The standard InChI is InChI=1S/C18H23N5O/c1-13-7-14(2)23-17(11-21-18(23)22-13)10-19-9-15(12-24)8-16-5-3-4-6-20-16/h3-7,11,15,19,24H,8-10,12H2,1-2H3. The highest BCUT2D eigenvalue weighted by Crippen LogP contribution is 2.11. The first-order valence-corrected chi connectivity index (χ1v) is 8.19. The number of imidazole rings is 1. The molecule has 0 bridgehead atoms. The molecule has 3 aromatic heterocycles. The van der Waals surface area contributed by atoms with Gasteiger partial charge in [0.05, 0.1) is 11.9 Å². The lowest BCUT2D eigenvalue weighted by atomic mass is 10.0. The summed E-state index contributed by atoms with van der Waals surface area (Å²) in [5.41, 5.74) is 4.17. The van der Waals surface area contributed by atoms with Crippen LogP contribution < -0.4 is 5.32 Å². The summed E-state index contributed by atoms with van der Waals surface area (Å²) in [6.45, 7) is 5.58. The zero-order chi connectivity index (χ0) is 16.9. The van der Waals surface area contributed by atoms with E-state index in [1.807, 2.05) is 31.3 Å². The first-order chi connectivity index (χ1) is 11.7. The second-order valence-corrected chi connectivity index (χ2v) is 6.13. The van der Waals surface area contributed by atoms with E-state index in [-0.39, 0.29) is 12.5 Å². The van der Waals surface area contributed by atoms with Crippen molar-refractivity contribution in [3.05, 3.63) is 59.4 Å². The van der Waals surface area contributed by atoms with E-state index in [9.17, 15) is 5.11 Å². The summed E-state index contributed by atoms with van der Waals surface area (Å²) < 4.78 is 2.06. The lowest BCUT2D eigenvalue weighted by Gasteiger charge is -2.15. The Morgan fingerprint density at radius 2 is 2.12 bits per heavy atom. The number of aliphatic hydroxyl groups is 1. The van der Waals surface area contributed by atoms with Crippen LogP contribution in [0.3, 0.4) is 0 Å². The average molecular weight is 325 g/mol. The SMILES string of the molecule is Cc1cc(C)n2c(CNCC(CO)Cc3ccccn3)cnc2n1. The van der Waals surface area contributed by atoms with E-state index in [2.05, 4.69) is 37.7 Å². The highest BCUT2D eigenvalue weighted by atomic mass is 16.3. The summed E-state index contributed by atoms with van der Waals surface area (Å²) in [4.78, 5) is 13.2. The summed E-state index contributed by atoms with van der Waals surface area (Å²) in [6.07, 6.45) is 4.40. The van der Waals surface area contributed by atoms with Crippen molar-refractivity contribution >= 4 is 5.78 Å². The molecule has 0 saturated carbocycles. The Balaban J connectivity index is 1.61. The number of nitrogens with zero attached hydrogens (tertiary/aromatic N) is 4. The van der Waals surface area contributed by atoms with E-state index in [0.29, 0.717) is 6.54 Å². The van der Waals surface area contributed by atoms with Gasteiger partial charge in [-0.2, -0.15) is 0 Å². The Labute approximate surface area is 141 Å². The van der Waals surface area contributed by atoms with Gasteiger partial charge in [0.25, 0.3) is 0 Å².